The van der Waals surface area contributed by atoms with Crippen molar-refractivity contribution in [1.82, 2.24) is 15.0 Å². The van der Waals surface area contributed by atoms with E-state index in [-0.39, 0.29) is 5.95 Å². The number of aromatic nitrogens is 3. The first-order valence-electron chi connectivity index (χ1n) is 6.21. The standard InChI is InChI=1S/C10H11F6N5O2/c11-9(12,13)5(10(14,15)16)23-8-19-6(17)18-7(20-8)21-1-3-22-4-2-21/h5H,1-4H2,(H2,17,18,19,20). The molecule has 1 fully saturated rings. The first-order chi connectivity index (χ1) is 10.6. The number of rotatable bonds is 3. The quantitative estimate of drug-likeness (QED) is 0.821. The molecule has 130 valence electrons. The Morgan fingerprint density at radius 3 is 2.09 bits per heavy atom. The second-order valence-corrected chi connectivity index (χ2v) is 4.46. The van der Waals surface area contributed by atoms with Crippen LogP contribution in [0.4, 0.5) is 38.2 Å². The monoisotopic (exact) mass is 347 g/mol. The lowest BCUT2D eigenvalue weighted by molar-refractivity contribution is -0.301. The van der Waals surface area contributed by atoms with Gasteiger partial charge >= 0.3 is 18.4 Å². The number of hydrogen-bond acceptors (Lipinski definition) is 7. The zero-order chi connectivity index (χ0) is 17.3. The van der Waals surface area contributed by atoms with Gasteiger partial charge < -0.3 is 20.1 Å². The van der Waals surface area contributed by atoms with Crippen LogP contribution in [0.15, 0.2) is 0 Å². The maximum Gasteiger partial charge on any atom is 0.434 e. The molecule has 1 aromatic heterocycles. The smallest absolute Gasteiger partial charge is 0.434 e. The molecule has 0 bridgehead atoms. The van der Waals surface area contributed by atoms with Gasteiger partial charge in [0.1, 0.15) is 0 Å². The summed E-state index contributed by atoms with van der Waals surface area (Å²) >= 11 is 0. The Morgan fingerprint density at radius 1 is 1.00 bits per heavy atom. The minimum absolute atomic E-state index is 0.182. The Hall–Kier alpha value is -2.05. The molecule has 0 radical (unpaired) electrons. The Kier molecular flexibility index (Phi) is 4.68. The summed E-state index contributed by atoms with van der Waals surface area (Å²) in [5, 5.41) is 0. The van der Waals surface area contributed by atoms with E-state index in [1.165, 1.54) is 4.90 Å². The maximum atomic E-state index is 12.5. The normalized spacial score (nSPS) is 16.7. The lowest BCUT2D eigenvalue weighted by Gasteiger charge is -2.27. The van der Waals surface area contributed by atoms with E-state index < -0.39 is 30.4 Å². The summed E-state index contributed by atoms with van der Waals surface area (Å²) in [5.41, 5.74) is 5.30. The average Bonchev–Trinajstić information content (AvgIpc) is 2.43. The first kappa shape index (κ1) is 17.3. The molecule has 1 saturated heterocycles. The highest BCUT2D eigenvalue weighted by Crippen LogP contribution is 2.36. The second kappa shape index (κ2) is 6.22. The molecule has 23 heavy (non-hydrogen) atoms. The lowest BCUT2D eigenvalue weighted by Crippen LogP contribution is -2.47. The summed E-state index contributed by atoms with van der Waals surface area (Å²) in [6.45, 7) is 1.20. The van der Waals surface area contributed by atoms with Crippen LogP contribution in [0.1, 0.15) is 0 Å². The fraction of sp³-hybridized carbons (Fsp3) is 0.700. The predicted molar refractivity (Wildman–Crippen MR) is 63.8 cm³/mol. The number of anilines is 2. The molecule has 2 N–H and O–H groups in total. The van der Waals surface area contributed by atoms with E-state index in [9.17, 15) is 26.3 Å². The molecule has 1 aliphatic rings. The molecule has 0 spiro atoms. The van der Waals surface area contributed by atoms with Crippen molar-refractivity contribution in [2.45, 2.75) is 18.5 Å². The summed E-state index contributed by atoms with van der Waals surface area (Å²) in [6.07, 6.45) is -15.4. The molecule has 0 atom stereocenters. The zero-order valence-corrected chi connectivity index (χ0v) is 11.4. The molecule has 0 aromatic carbocycles. The van der Waals surface area contributed by atoms with Gasteiger partial charge in [-0.05, 0) is 0 Å². The van der Waals surface area contributed by atoms with Crippen molar-refractivity contribution in [3.05, 3.63) is 0 Å². The third-order valence-electron chi connectivity index (χ3n) is 2.73. The fourth-order valence-corrected chi connectivity index (χ4v) is 1.74. The van der Waals surface area contributed by atoms with Crippen molar-refractivity contribution in [2.75, 3.05) is 36.9 Å². The van der Waals surface area contributed by atoms with Crippen molar-refractivity contribution in [3.63, 3.8) is 0 Å². The van der Waals surface area contributed by atoms with Crippen molar-refractivity contribution >= 4 is 11.9 Å². The second-order valence-electron chi connectivity index (χ2n) is 4.46. The number of alkyl halides is 6. The van der Waals surface area contributed by atoms with Crippen LogP contribution in [0.3, 0.4) is 0 Å². The maximum absolute atomic E-state index is 12.5. The van der Waals surface area contributed by atoms with E-state index in [0.717, 1.165) is 0 Å². The van der Waals surface area contributed by atoms with Crippen LogP contribution in [0.2, 0.25) is 0 Å². The molecule has 0 saturated carbocycles. The van der Waals surface area contributed by atoms with Crippen LogP contribution in [-0.4, -0.2) is 59.7 Å². The molecule has 0 amide bonds. The third-order valence-corrected chi connectivity index (χ3v) is 2.73. The largest absolute Gasteiger partial charge is 0.440 e. The summed E-state index contributed by atoms with van der Waals surface area (Å²) in [7, 11) is 0. The molecule has 0 unspecified atom stereocenters. The first-order valence-corrected chi connectivity index (χ1v) is 6.21. The Labute approximate surface area is 125 Å². The van der Waals surface area contributed by atoms with E-state index in [2.05, 4.69) is 19.7 Å². The van der Waals surface area contributed by atoms with Crippen LogP contribution < -0.4 is 15.4 Å². The van der Waals surface area contributed by atoms with Gasteiger partial charge in [0.05, 0.1) is 13.2 Å². The van der Waals surface area contributed by atoms with Crippen molar-refractivity contribution in [3.8, 4) is 6.01 Å². The number of hydrogen-bond donors (Lipinski definition) is 1. The number of nitrogens with zero attached hydrogens (tertiary/aromatic N) is 4. The van der Waals surface area contributed by atoms with E-state index >= 15 is 0 Å². The van der Waals surface area contributed by atoms with E-state index in [1.54, 1.807) is 0 Å². The van der Waals surface area contributed by atoms with Gasteiger partial charge in [0.2, 0.25) is 11.9 Å². The van der Waals surface area contributed by atoms with Crippen molar-refractivity contribution in [2.24, 2.45) is 0 Å². The fourth-order valence-electron chi connectivity index (χ4n) is 1.74. The summed E-state index contributed by atoms with van der Waals surface area (Å²) < 4.78 is 83.9. The van der Waals surface area contributed by atoms with Gasteiger partial charge in [-0.15, -0.1) is 0 Å². The van der Waals surface area contributed by atoms with Gasteiger partial charge in [0.15, 0.2) is 0 Å². The summed E-state index contributed by atoms with van der Waals surface area (Å²) in [6, 6.07) is -1.15. The number of nitrogens with two attached hydrogens (primary N) is 1. The van der Waals surface area contributed by atoms with Gasteiger partial charge in [-0.2, -0.15) is 41.3 Å². The van der Waals surface area contributed by atoms with Crippen molar-refractivity contribution < 1.29 is 35.8 Å². The lowest BCUT2D eigenvalue weighted by atomic mass is 10.3. The van der Waals surface area contributed by atoms with Gasteiger partial charge in [-0.3, -0.25) is 0 Å². The number of ether oxygens (including phenoxy) is 2. The SMILES string of the molecule is Nc1nc(OC(C(F)(F)F)C(F)(F)F)nc(N2CCOCC2)n1. The molecule has 2 heterocycles. The van der Waals surface area contributed by atoms with E-state index in [1.807, 2.05) is 0 Å². The van der Waals surface area contributed by atoms with Crippen LogP contribution in [0.5, 0.6) is 6.01 Å². The zero-order valence-electron chi connectivity index (χ0n) is 11.4. The predicted octanol–water partition coefficient (Wildman–Crippen LogP) is 1.16. The minimum Gasteiger partial charge on any atom is -0.440 e. The number of nitrogen functional groups attached to an aromatic ring is 1. The highest BCUT2D eigenvalue weighted by atomic mass is 19.4. The Morgan fingerprint density at radius 2 is 1.57 bits per heavy atom. The van der Waals surface area contributed by atoms with Crippen molar-refractivity contribution in [1.29, 1.82) is 0 Å². The van der Waals surface area contributed by atoms with E-state index in [0.29, 0.717) is 26.3 Å². The average molecular weight is 347 g/mol. The molecular weight excluding hydrogens is 336 g/mol. The molecule has 7 nitrogen and oxygen atoms in total. The van der Waals surface area contributed by atoms with Crippen LogP contribution >= 0.6 is 0 Å². The van der Waals surface area contributed by atoms with Gasteiger partial charge in [0, 0.05) is 13.1 Å². The molecule has 13 heteroatoms. The molecule has 1 aliphatic heterocycles. The van der Waals surface area contributed by atoms with E-state index in [4.69, 9.17) is 10.5 Å². The Bertz CT molecular complexity index is 532. The highest BCUT2D eigenvalue weighted by molar-refractivity contribution is 5.36. The third kappa shape index (κ3) is 4.46. The molecule has 2 rings (SSSR count). The topological polar surface area (TPSA) is 86.4 Å². The number of morpholine rings is 1. The molecule has 1 aromatic rings. The highest BCUT2D eigenvalue weighted by Gasteiger charge is 2.59. The van der Waals surface area contributed by atoms with Gasteiger partial charge in [0.25, 0.3) is 6.10 Å². The van der Waals surface area contributed by atoms with Crippen LogP contribution in [0.25, 0.3) is 0 Å². The van der Waals surface area contributed by atoms with Crippen LogP contribution in [-0.2, 0) is 4.74 Å². The Balaban J connectivity index is 2.26. The number of halogens is 6. The minimum atomic E-state index is -5.68. The van der Waals surface area contributed by atoms with Gasteiger partial charge in [-0.25, -0.2) is 0 Å². The summed E-state index contributed by atoms with van der Waals surface area (Å²) in [5.74, 6) is -0.738. The summed E-state index contributed by atoms with van der Waals surface area (Å²) in [4.78, 5) is 11.8. The van der Waals surface area contributed by atoms with Crippen LogP contribution in [0, 0.1) is 0 Å². The molecule has 0 aliphatic carbocycles. The molecular formula is C10H11F6N5O2. The van der Waals surface area contributed by atoms with Gasteiger partial charge in [-0.1, -0.05) is 0 Å².